The van der Waals surface area contributed by atoms with Crippen LogP contribution in [0.2, 0.25) is 5.02 Å². The number of halogens is 1. The molecule has 0 saturated heterocycles. The normalized spacial score (nSPS) is 23.1. The molecule has 3 nitrogen and oxygen atoms in total. The summed E-state index contributed by atoms with van der Waals surface area (Å²) < 4.78 is 0. The molecule has 0 spiro atoms. The standard InChI is InChI=1S/C15H21ClN2O/c1-18(14-5-3-2-4-12(14)10-17)15(19)11-6-8-13(16)9-7-11/h6-9,12,14H,2-5,10,17H2,1H3. The van der Waals surface area contributed by atoms with E-state index in [9.17, 15) is 4.79 Å². The Labute approximate surface area is 119 Å². The molecule has 1 amide bonds. The molecule has 0 aliphatic heterocycles. The summed E-state index contributed by atoms with van der Waals surface area (Å²) >= 11 is 5.85. The maximum absolute atomic E-state index is 12.5. The van der Waals surface area contributed by atoms with Crippen molar-refractivity contribution in [3.63, 3.8) is 0 Å². The Bertz CT molecular complexity index is 432. The van der Waals surface area contributed by atoms with Crippen LogP contribution in [0.15, 0.2) is 24.3 Å². The number of carbonyl (C=O) groups is 1. The third-order valence-electron chi connectivity index (χ3n) is 4.08. The summed E-state index contributed by atoms with van der Waals surface area (Å²) in [5.41, 5.74) is 6.52. The number of nitrogens with two attached hydrogens (primary N) is 1. The van der Waals surface area contributed by atoms with E-state index in [2.05, 4.69) is 0 Å². The minimum absolute atomic E-state index is 0.0574. The average molecular weight is 281 g/mol. The van der Waals surface area contributed by atoms with Gasteiger partial charge in [-0.1, -0.05) is 24.4 Å². The van der Waals surface area contributed by atoms with Crippen LogP contribution in [-0.2, 0) is 0 Å². The monoisotopic (exact) mass is 280 g/mol. The zero-order chi connectivity index (χ0) is 13.8. The summed E-state index contributed by atoms with van der Waals surface area (Å²) in [6, 6.07) is 7.33. The third-order valence-corrected chi connectivity index (χ3v) is 4.33. The molecule has 4 heteroatoms. The molecule has 1 aromatic rings. The van der Waals surface area contributed by atoms with Crippen LogP contribution in [0.3, 0.4) is 0 Å². The molecule has 0 heterocycles. The first-order valence-electron chi connectivity index (χ1n) is 6.86. The lowest BCUT2D eigenvalue weighted by molar-refractivity contribution is 0.0620. The molecular weight excluding hydrogens is 260 g/mol. The van der Waals surface area contributed by atoms with Gasteiger partial charge in [-0.2, -0.15) is 0 Å². The van der Waals surface area contributed by atoms with Crippen LogP contribution in [0.4, 0.5) is 0 Å². The van der Waals surface area contributed by atoms with E-state index in [-0.39, 0.29) is 11.9 Å². The minimum Gasteiger partial charge on any atom is -0.338 e. The maximum atomic E-state index is 12.5. The first-order valence-corrected chi connectivity index (χ1v) is 7.24. The highest BCUT2D eigenvalue weighted by molar-refractivity contribution is 6.30. The van der Waals surface area contributed by atoms with Crippen LogP contribution in [0.5, 0.6) is 0 Å². The van der Waals surface area contributed by atoms with Crippen LogP contribution in [0.25, 0.3) is 0 Å². The molecule has 1 fully saturated rings. The van der Waals surface area contributed by atoms with Gasteiger partial charge in [0.2, 0.25) is 0 Å². The van der Waals surface area contributed by atoms with E-state index < -0.39 is 0 Å². The van der Waals surface area contributed by atoms with Gasteiger partial charge in [-0.05, 0) is 49.6 Å². The van der Waals surface area contributed by atoms with Crippen LogP contribution in [-0.4, -0.2) is 30.4 Å². The number of rotatable bonds is 3. The van der Waals surface area contributed by atoms with Crippen molar-refractivity contribution in [3.05, 3.63) is 34.9 Å². The van der Waals surface area contributed by atoms with Crippen LogP contribution in [0.1, 0.15) is 36.0 Å². The lowest BCUT2D eigenvalue weighted by Gasteiger charge is -2.37. The van der Waals surface area contributed by atoms with Gasteiger partial charge in [-0.15, -0.1) is 0 Å². The van der Waals surface area contributed by atoms with Gasteiger partial charge in [0.05, 0.1) is 0 Å². The fourth-order valence-electron chi connectivity index (χ4n) is 2.92. The molecule has 0 bridgehead atoms. The second-order valence-corrected chi connectivity index (χ2v) is 5.71. The lowest BCUT2D eigenvalue weighted by atomic mass is 9.83. The number of nitrogens with zero attached hydrogens (tertiary/aromatic N) is 1. The van der Waals surface area contributed by atoms with Gasteiger partial charge in [0.25, 0.3) is 5.91 Å². The second-order valence-electron chi connectivity index (χ2n) is 5.27. The molecule has 0 aromatic heterocycles. The quantitative estimate of drug-likeness (QED) is 0.925. The van der Waals surface area contributed by atoms with Crippen molar-refractivity contribution < 1.29 is 4.79 Å². The van der Waals surface area contributed by atoms with Gasteiger partial charge in [-0.3, -0.25) is 4.79 Å². The Kier molecular flexibility index (Phi) is 4.83. The van der Waals surface area contributed by atoms with E-state index in [1.165, 1.54) is 12.8 Å². The molecule has 1 aromatic carbocycles. The molecule has 104 valence electrons. The van der Waals surface area contributed by atoms with Crippen molar-refractivity contribution in [1.82, 2.24) is 4.90 Å². The number of hydrogen-bond acceptors (Lipinski definition) is 2. The molecule has 1 saturated carbocycles. The zero-order valence-electron chi connectivity index (χ0n) is 11.3. The molecular formula is C15H21ClN2O. The first-order chi connectivity index (χ1) is 9.13. The molecule has 19 heavy (non-hydrogen) atoms. The molecule has 2 rings (SSSR count). The van der Waals surface area contributed by atoms with Gasteiger partial charge in [0, 0.05) is 23.7 Å². The van der Waals surface area contributed by atoms with E-state index >= 15 is 0 Å². The van der Waals surface area contributed by atoms with Gasteiger partial charge in [0.1, 0.15) is 0 Å². The molecule has 2 N–H and O–H groups in total. The fourth-order valence-corrected chi connectivity index (χ4v) is 3.05. The Morgan fingerprint density at radius 1 is 1.32 bits per heavy atom. The zero-order valence-corrected chi connectivity index (χ0v) is 12.1. The predicted octanol–water partition coefficient (Wildman–Crippen LogP) is 2.93. The highest BCUT2D eigenvalue weighted by atomic mass is 35.5. The predicted molar refractivity (Wildman–Crippen MR) is 78.3 cm³/mol. The van der Waals surface area contributed by atoms with Crippen LogP contribution in [0, 0.1) is 5.92 Å². The summed E-state index contributed by atoms with van der Waals surface area (Å²) in [6.07, 6.45) is 4.58. The highest BCUT2D eigenvalue weighted by Crippen LogP contribution is 2.28. The summed E-state index contributed by atoms with van der Waals surface area (Å²) in [6.45, 7) is 0.656. The number of carbonyl (C=O) groups excluding carboxylic acids is 1. The van der Waals surface area contributed by atoms with Gasteiger partial charge < -0.3 is 10.6 Å². The summed E-state index contributed by atoms with van der Waals surface area (Å²) in [7, 11) is 1.88. The Morgan fingerprint density at radius 2 is 1.95 bits per heavy atom. The van der Waals surface area contributed by atoms with Gasteiger partial charge in [0.15, 0.2) is 0 Å². The van der Waals surface area contributed by atoms with Crippen molar-refractivity contribution in [2.45, 2.75) is 31.7 Å². The average Bonchev–Trinajstić information content (AvgIpc) is 2.46. The van der Waals surface area contributed by atoms with E-state index in [1.54, 1.807) is 24.3 Å². The van der Waals surface area contributed by atoms with Crippen molar-refractivity contribution in [2.75, 3.05) is 13.6 Å². The summed E-state index contributed by atoms with van der Waals surface area (Å²) in [5.74, 6) is 0.483. The van der Waals surface area contributed by atoms with Crippen molar-refractivity contribution in [2.24, 2.45) is 11.7 Å². The smallest absolute Gasteiger partial charge is 0.253 e. The van der Waals surface area contributed by atoms with Crippen LogP contribution >= 0.6 is 11.6 Å². The SMILES string of the molecule is CN(C(=O)c1ccc(Cl)cc1)C1CCCCC1CN. The molecule has 0 radical (unpaired) electrons. The third kappa shape index (κ3) is 3.28. The summed E-state index contributed by atoms with van der Waals surface area (Å²) in [4.78, 5) is 14.3. The van der Waals surface area contributed by atoms with E-state index in [0.29, 0.717) is 23.0 Å². The number of benzene rings is 1. The first kappa shape index (κ1) is 14.4. The molecule has 2 unspecified atom stereocenters. The Morgan fingerprint density at radius 3 is 2.58 bits per heavy atom. The second kappa shape index (κ2) is 6.40. The van der Waals surface area contributed by atoms with Crippen LogP contribution < -0.4 is 5.73 Å². The summed E-state index contributed by atoms with van der Waals surface area (Å²) in [5, 5.41) is 0.650. The topological polar surface area (TPSA) is 46.3 Å². The van der Waals surface area contributed by atoms with Gasteiger partial charge >= 0.3 is 0 Å². The van der Waals surface area contributed by atoms with Crippen molar-refractivity contribution in [3.8, 4) is 0 Å². The fraction of sp³-hybridized carbons (Fsp3) is 0.533. The lowest BCUT2D eigenvalue weighted by Crippen LogP contribution is -2.45. The van der Waals surface area contributed by atoms with Crippen molar-refractivity contribution >= 4 is 17.5 Å². The largest absolute Gasteiger partial charge is 0.338 e. The van der Waals surface area contributed by atoms with Crippen molar-refractivity contribution in [1.29, 1.82) is 0 Å². The Balaban J connectivity index is 2.11. The van der Waals surface area contributed by atoms with Gasteiger partial charge in [-0.25, -0.2) is 0 Å². The Hall–Kier alpha value is -1.06. The minimum atomic E-state index is 0.0574. The molecule has 1 aliphatic carbocycles. The number of amides is 1. The van der Waals surface area contributed by atoms with E-state index in [4.69, 9.17) is 17.3 Å². The number of hydrogen-bond donors (Lipinski definition) is 1. The highest BCUT2D eigenvalue weighted by Gasteiger charge is 2.30. The molecule has 1 aliphatic rings. The van der Waals surface area contributed by atoms with E-state index in [0.717, 1.165) is 12.8 Å². The van der Waals surface area contributed by atoms with E-state index in [1.807, 2.05) is 11.9 Å². The maximum Gasteiger partial charge on any atom is 0.253 e. The molecule has 2 atom stereocenters.